The van der Waals surface area contributed by atoms with E-state index in [0.29, 0.717) is 10.8 Å². The number of hydrogen-bond acceptors (Lipinski definition) is 4. The second kappa shape index (κ2) is 8.24. The van der Waals surface area contributed by atoms with Gasteiger partial charge < -0.3 is 10.1 Å². The maximum atomic E-state index is 12.1. The van der Waals surface area contributed by atoms with Crippen molar-refractivity contribution in [1.82, 2.24) is 5.32 Å². The van der Waals surface area contributed by atoms with Gasteiger partial charge in [0.15, 0.2) is 6.61 Å². The molecule has 1 aliphatic rings. The van der Waals surface area contributed by atoms with Crippen molar-refractivity contribution in [2.75, 3.05) is 12.9 Å². The number of ether oxygens (including phenoxy) is 1. The lowest BCUT2D eigenvalue weighted by Crippen LogP contribution is -2.42. The summed E-state index contributed by atoms with van der Waals surface area (Å²) in [6, 6.07) is 6.73. The zero-order valence-electron chi connectivity index (χ0n) is 13.5. The van der Waals surface area contributed by atoms with Crippen molar-refractivity contribution in [1.29, 1.82) is 0 Å². The summed E-state index contributed by atoms with van der Waals surface area (Å²) in [6.07, 6.45) is 5.90. The van der Waals surface area contributed by atoms with Crippen LogP contribution in [0.15, 0.2) is 29.2 Å². The number of rotatable bonds is 5. The fourth-order valence-electron chi connectivity index (χ4n) is 2.87. The Bertz CT molecular complexity index is 602. The number of hydrogen-bond donors (Lipinski definition) is 1. The molecule has 1 aromatic rings. The topological polar surface area (TPSA) is 72.5 Å². The van der Waals surface area contributed by atoms with E-state index in [4.69, 9.17) is 4.74 Å². The lowest BCUT2D eigenvalue weighted by atomic mass is 9.86. The largest absolute Gasteiger partial charge is 0.452 e. The Hall–Kier alpha value is -1.69. The Labute approximate surface area is 139 Å². The molecule has 2 rings (SSSR count). The molecule has 1 aliphatic carbocycles. The van der Waals surface area contributed by atoms with Crippen molar-refractivity contribution in [3.05, 3.63) is 29.8 Å². The monoisotopic (exact) mass is 337 g/mol. The van der Waals surface area contributed by atoms with E-state index in [9.17, 15) is 13.8 Å². The van der Waals surface area contributed by atoms with Crippen LogP contribution in [0.1, 0.15) is 43.0 Å². The molecule has 6 heteroatoms. The lowest BCUT2D eigenvalue weighted by molar-refractivity contribution is -0.125. The molecule has 1 amide bonds. The molecule has 0 bridgehead atoms. The Morgan fingerprint density at radius 2 is 1.96 bits per heavy atom. The summed E-state index contributed by atoms with van der Waals surface area (Å²) in [5.74, 6) is -0.457. The molecule has 0 heterocycles. The smallest absolute Gasteiger partial charge is 0.339 e. The normalized spacial score (nSPS) is 22.2. The van der Waals surface area contributed by atoms with Crippen LogP contribution in [0.3, 0.4) is 0 Å². The third-order valence-electron chi connectivity index (χ3n) is 4.21. The molecule has 5 nitrogen and oxygen atoms in total. The van der Waals surface area contributed by atoms with Gasteiger partial charge >= 0.3 is 5.97 Å². The van der Waals surface area contributed by atoms with E-state index in [-0.39, 0.29) is 24.1 Å². The highest BCUT2D eigenvalue weighted by molar-refractivity contribution is 7.84. The average Bonchev–Trinajstić information content (AvgIpc) is 2.54. The third-order valence-corrected chi connectivity index (χ3v) is 5.18. The van der Waals surface area contributed by atoms with Crippen molar-refractivity contribution in [3.63, 3.8) is 0 Å². The number of amides is 1. The minimum absolute atomic E-state index is 0.158. The molecular formula is C17H23NO4S. The summed E-state index contributed by atoms with van der Waals surface area (Å²) in [4.78, 5) is 24.5. The Balaban J connectivity index is 1.89. The van der Waals surface area contributed by atoms with Crippen LogP contribution in [0.5, 0.6) is 0 Å². The first-order valence-electron chi connectivity index (χ1n) is 7.88. The predicted octanol–water partition coefficient (Wildman–Crippen LogP) is 2.28. The van der Waals surface area contributed by atoms with Gasteiger partial charge in [-0.1, -0.05) is 31.9 Å². The second-order valence-corrected chi connectivity index (χ2v) is 7.31. The first kappa shape index (κ1) is 17.7. The standard InChI is InChI=1S/C17H23NO4S/c1-12-7-3-5-9-14(12)18-16(19)11-22-17(20)13-8-4-6-10-15(13)23(2)21/h4,6,8,10,12,14H,3,5,7,9,11H2,1-2H3,(H,18,19)/t12-,14+,23+/m0/s1. The number of carbonyl (C=O) groups excluding carboxylic acids is 2. The molecule has 0 aliphatic heterocycles. The van der Waals surface area contributed by atoms with Crippen molar-refractivity contribution in [2.24, 2.45) is 5.92 Å². The molecule has 0 aromatic heterocycles. The fourth-order valence-corrected chi connectivity index (χ4v) is 3.61. The first-order chi connectivity index (χ1) is 11.0. The zero-order valence-corrected chi connectivity index (χ0v) is 14.4. The van der Waals surface area contributed by atoms with Gasteiger partial charge in [-0.3, -0.25) is 9.00 Å². The summed E-state index contributed by atoms with van der Waals surface area (Å²) in [5.41, 5.74) is 0.243. The van der Waals surface area contributed by atoms with Gasteiger partial charge in [0, 0.05) is 12.3 Å². The first-order valence-corrected chi connectivity index (χ1v) is 9.43. The SMILES string of the molecule is C[C@H]1CCCC[C@H]1NC(=O)COC(=O)c1ccccc1[S@@](C)=O. The third kappa shape index (κ3) is 4.89. The van der Waals surface area contributed by atoms with E-state index in [1.807, 2.05) is 0 Å². The maximum absolute atomic E-state index is 12.1. The molecule has 0 spiro atoms. The zero-order chi connectivity index (χ0) is 16.8. The van der Waals surface area contributed by atoms with Gasteiger partial charge in [-0.2, -0.15) is 0 Å². The minimum atomic E-state index is -1.29. The minimum Gasteiger partial charge on any atom is -0.452 e. The Morgan fingerprint density at radius 3 is 2.65 bits per heavy atom. The van der Waals surface area contributed by atoms with Gasteiger partial charge in [0.25, 0.3) is 5.91 Å². The molecule has 3 atom stereocenters. The van der Waals surface area contributed by atoms with Crippen LogP contribution < -0.4 is 5.32 Å². The lowest BCUT2D eigenvalue weighted by Gasteiger charge is -2.29. The number of nitrogens with one attached hydrogen (secondary N) is 1. The van der Waals surface area contributed by atoms with Crippen LogP contribution in [0.25, 0.3) is 0 Å². The van der Waals surface area contributed by atoms with E-state index in [0.717, 1.165) is 19.3 Å². The molecule has 0 radical (unpaired) electrons. The van der Waals surface area contributed by atoms with Gasteiger partial charge in [0.05, 0.1) is 21.3 Å². The summed E-state index contributed by atoms with van der Waals surface area (Å²) >= 11 is 0. The van der Waals surface area contributed by atoms with E-state index in [1.54, 1.807) is 24.3 Å². The van der Waals surface area contributed by atoms with Crippen LogP contribution in [0.2, 0.25) is 0 Å². The van der Waals surface area contributed by atoms with Crippen LogP contribution in [-0.4, -0.2) is 35.0 Å². The van der Waals surface area contributed by atoms with Crippen LogP contribution in [0.4, 0.5) is 0 Å². The van der Waals surface area contributed by atoms with E-state index in [2.05, 4.69) is 12.2 Å². The average molecular weight is 337 g/mol. The molecule has 0 saturated heterocycles. The molecule has 0 unspecified atom stereocenters. The van der Waals surface area contributed by atoms with Gasteiger partial charge in [-0.25, -0.2) is 4.79 Å². The summed E-state index contributed by atoms with van der Waals surface area (Å²) < 4.78 is 16.7. The molecule has 1 fully saturated rings. The number of benzene rings is 1. The van der Waals surface area contributed by atoms with E-state index >= 15 is 0 Å². The van der Waals surface area contributed by atoms with E-state index < -0.39 is 16.8 Å². The highest BCUT2D eigenvalue weighted by Gasteiger charge is 2.23. The van der Waals surface area contributed by atoms with Gasteiger partial charge in [0.1, 0.15) is 0 Å². The van der Waals surface area contributed by atoms with Crippen molar-refractivity contribution >= 4 is 22.7 Å². The highest BCUT2D eigenvalue weighted by atomic mass is 32.2. The van der Waals surface area contributed by atoms with Gasteiger partial charge in [-0.05, 0) is 30.9 Å². The second-order valence-electron chi connectivity index (χ2n) is 5.96. The van der Waals surface area contributed by atoms with Crippen LogP contribution in [0, 0.1) is 5.92 Å². The Kier molecular flexibility index (Phi) is 6.33. The molecule has 1 aromatic carbocycles. The molecular weight excluding hydrogens is 314 g/mol. The predicted molar refractivity (Wildman–Crippen MR) is 88.6 cm³/mol. The number of carbonyl (C=O) groups is 2. The van der Waals surface area contributed by atoms with Crippen molar-refractivity contribution in [2.45, 2.75) is 43.5 Å². The van der Waals surface area contributed by atoms with Crippen LogP contribution >= 0.6 is 0 Å². The summed E-state index contributed by atoms with van der Waals surface area (Å²) in [7, 11) is -1.29. The highest BCUT2D eigenvalue weighted by Crippen LogP contribution is 2.23. The Morgan fingerprint density at radius 1 is 1.26 bits per heavy atom. The fraction of sp³-hybridized carbons (Fsp3) is 0.529. The molecule has 1 N–H and O–H groups in total. The van der Waals surface area contributed by atoms with Crippen molar-refractivity contribution < 1.29 is 18.5 Å². The van der Waals surface area contributed by atoms with Crippen LogP contribution in [-0.2, 0) is 20.3 Å². The van der Waals surface area contributed by atoms with E-state index in [1.165, 1.54) is 12.7 Å². The maximum Gasteiger partial charge on any atom is 0.339 e. The number of esters is 1. The molecule has 1 saturated carbocycles. The molecule has 23 heavy (non-hydrogen) atoms. The van der Waals surface area contributed by atoms with Gasteiger partial charge in [0.2, 0.25) is 0 Å². The quantitative estimate of drug-likeness (QED) is 0.837. The van der Waals surface area contributed by atoms with Crippen molar-refractivity contribution in [3.8, 4) is 0 Å². The van der Waals surface area contributed by atoms with Gasteiger partial charge in [-0.15, -0.1) is 0 Å². The molecule has 126 valence electrons. The summed E-state index contributed by atoms with van der Waals surface area (Å²) in [5, 5.41) is 2.94. The summed E-state index contributed by atoms with van der Waals surface area (Å²) in [6.45, 7) is 1.82.